The molecule has 2 N–H and O–H groups in total. The van der Waals surface area contributed by atoms with Gasteiger partial charge in [0, 0.05) is 15.8 Å². The lowest BCUT2D eigenvalue weighted by molar-refractivity contribution is -0.122. The van der Waals surface area contributed by atoms with Gasteiger partial charge in [0.05, 0.1) is 11.4 Å². The summed E-state index contributed by atoms with van der Waals surface area (Å²) in [6.45, 7) is 3.53. The molecule has 1 amide bonds. The van der Waals surface area contributed by atoms with Crippen LogP contribution < -0.4 is 14.8 Å². The van der Waals surface area contributed by atoms with Crippen LogP contribution in [-0.2, 0) is 14.8 Å². The molecule has 1 aliphatic rings. The molecule has 0 bridgehead atoms. The van der Waals surface area contributed by atoms with Gasteiger partial charge >= 0.3 is 0 Å². The first-order chi connectivity index (χ1) is 12.8. The Bertz CT molecular complexity index is 1130. The summed E-state index contributed by atoms with van der Waals surface area (Å²) < 4.78 is 33.1. The van der Waals surface area contributed by atoms with Crippen molar-refractivity contribution in [3.05, 3.63) is 40.6 Å². The molecule has 0 aliphatic carbocycles. The van der Waals surface area contributed by atoms with Gasteiger partial charge in [0.15, 0.2) is 11.2 Å². The van der Waals surface area contributed by atoms with Gasteiger partial charge in [-0.3, -0.25) is 9.52 Å². The Kier molecular flexibility index (Phi) is 4.41. The van der Waals surface area contributed by atoms with Crippen molar-refractivity contribution in [2.45, 2.75) is 24.2 Å². The Morgan fingerprint density at radius 1 is 1.26 bits per heavy atom. The Morgan fingerprint density at radius 2 is 2.07 bits per heavy atom. The normalized spacial score (nSPS) is 16.4. The Balaban J connectivity index is 1.58. The number of hydrogen-bond acceptors (Lipinski definition) is 7. The second-order valence-electron chi connectivity index (χ2n) is 5.97. The third kappa shape index (κ3) is 3.55. The summed E-state index contributed by atoms with van der Waals surface area (Å²) in [5.41, 5.74) is 1.93. The van der Waals surface area contributed by atoms with Crippen molar-refractivity contribution in [3.63, 3.8) is 0 Å². The minimum Gasteiger partial charge on any atom is -0.479 e. The number of carbonyl (C=O) groups excluding carboxylic acids is 1. The summed E-state index contributed by atoms with van der Waals surface area (Å²) in [6, 6.07) is 8.67. The average Bonchev–Trinajstić information content (AvgIpc) is 3.25. The number of nitrogens with zero attached hydrogens (tertiary/aromatic N) is 1. The zero-order valence-electron chi connectivity index (χ0n) is 14.3. The first-order valence-corrected chi connectivity index (χ1v) is 11.2. The van der Waals surface area contributed by atoms with Crippen LogP contribution in [0.5, 0.6) is 5.75 Å². The van der Waals surface area contributed by atoms with Gasteiger partial charge in [0.1, 0.15) is 9.96 Å². The van der Waals surface area contributed by atoms with E-state index in [1.165, 1.54) is 22.7 Å². The molecule has 1 unspecified atom stereocenters. The van der Waals surface area contributed by atoms with E-state index in [-0.39, 0.29) is 15.2 Å². The van der Waals surface area contributed by atoms with Crippen LogP contribution in [0, 0.1) is 6.92 Å². The molecule has 0 radical (unpaired) electrons. The highest BCUT2D eigenvalue weighted by Gasteiger charge is 2.24. The quantitative estimate of drug-likeness (QED) is 0.669. The fourth-order valence-electron chi connectivity index (χ4n) is 2.54. The minimum absolute atomic E-state index is 0.211. The fourth-order valence-corrected chi connectivity index (χ4v) is 5.80. The number of nitrogens with one attached hydrogen (secondary N) is 2. The fraction of sp³-hybridized carbons (Fsp3) is 0.176. The maximum atomic E-state index is 12.4. The predicted molar refractivity (Wildman–Crippen MR) is 106 cm³/mol. The SMILES string of the molecule is Cc1ccc(S(=O)(=O)Nc2nc(-c3ccc4c(c3)NC(=O)C(C)O4)cs2)s1. The average molecular weight is 422 g/mol. The van der Waals surface area contributed by atoms with Gasteiger partial charge in [-0.05, 0) is 44.2 Å². The molecule has 2 aromatic heterocycles. The number of thiophene rings is 1. The maximum absolute atomic E-state index is 12.4. The van der Waals surface area contributed by atoms with E-state index in [0.717, 1.165) is 10.4 Å². The largest absolute Gasteiger partial charge is 0.479 e. The van der Waals surface area contributed by atoms with Gasteiger partial charge in [0.25, 0.3) is 15.9 Å². The number of aromatic nitrogens is 1. The van der Waals surface area contributed by atoms with E-state index in [1.807, 2.05) is 13.0 Å². The number of aryl methyl sites for hydroxylation is 1. The molecule has 1 aromatic carbocycles. The summed E-state index contributed by atoms with van der Waals surface area (Å²) in [6.07, 6.45) is -0.537. The van der Waals surface area contributed by atoms with Crippen molar-refractivity contribution in [3.8, 4) is 17.0 Å². The Hall–Kier alpha value is -2.43. The van der Waals surface area contributed by atoms with E-state index >= 15 is 0 Å². The molecule has 4 rings (SSSR count). The molecule has 3 aromatic rings. The van der Waals surface area contributed by atoms with Crippen LogP contribution in [0.3, 0.4) is 0 Å². The number of benzene rings is 1. The first-order valence-electron chi connectivity index (χ1n) is 7.98. The summed E-state index contributed by atoms with van der Waals surface area (Å²) in [5, 5.41) is 4.83. The molecule has 7 nitrogen and oxygen atoms in total. The highest BCUT2D eigenvalue weighted by molar-refractivity contribution is 7.94. The van der Waals surface area contributed by atoms with E-state index in [0.29, 0.717) is 17.1 Å². The number of thiazole rings is 1. The second-order valence-corrected chi connectivity index (χ2v) is 10.0. The first kappa shape index (κ1) is 18.0. The molecular weight excluding hydrogens is 406 g/mol. The highest BCUT2D eigenvalue weighted by atomic mass is 32.2. The van der Waals surface area contributed by atoms with Gasteiger partial charge in [-0.2, -0.15) is 0 Å². The molecular formula is C17H15N3O4S3. The van der Waals surface area contributed by atoms with Crippen LogP contribution in [0.15, 0.2) is 39.9 Å². The van der Waals surface area contributed by atoms with Gasteiger partial charge in [-0.1, -0.05) is 0 Å². The number of ether oxygens (including phenoxy) is 1. The van der Waals surface area contributed by atoms with E-state index in [9.17, 15) is 13.2 Å². The molecule has 0 saturated heterocycles. The van der Waals surface area contributed by atoms with E-state index < -0.39 is 16.1 Å². The summed E-state index contributed by atoms with van der Waals surface area (Å²) in [4.78, 5) is 17.1. The van der Waals surface area contributed by atoms with Gasteiger partial charge in [-0.25, -0.2) is 13.4 Å². The van der Waals surface area contributed by atoms with E-state index in [4.69, 9.17) is 4.74 Å². The van der Waals surface area contributed by atoms with E-state index in [2.05, 4.69) is 15.0 Å². The lowest BCUT2D eigenvalue weighted by atomic mass is 10.1. The van der Waals surface area contributed by atoms with Gasteiger partial charge in [0.2, 0.25) is 0 Å². The Labute approximate surface area is 164 Å². The number of hydrogen-bond donors (Lipinski definition) is 2. The number of carbonyl (C=O) groups is 1. The topological polar surface area (TPSA) is 97.4 Å². The molecule has 140 valence electrons. The van der Waals surface area contributed by atoms with Crippen LogP contribution in [-0.4, -0.2) is 25.4 Å². The van der Waals surface area contributed by atoms with Crippen molar-refractivity contribution in [2.24, 2.45) is 0 Å². The monoisotopic (exact) mass is 421 g/mol. The third-order valence-electron chi connectivity index (χ3n) is 3.91. The molecule has 0 spiro atoms. The molecule has 1 atom stereocenters. The van der Waals surface area contributed by atoms with Crippen molar-refractivity contribution < 1.29 is 17.9 Å². The number of anilines is 2. The number of amides is 1. The second kappa shape index (κ2) is 6.63. The predicted octanol–water partition coefficient (Wildman–Crippen LogP) is 3.70. The zero-order chi connectivity index (χ0) is 19.2. The van der Waals surface area contributed by atoms with Crippen molar-refractivity contribution >= 4 is 49.4 Å². The molecule has 3 heterocycles. The van der Waals surface area contributed by atoms with Crippen LogP contribution in [0.4, 0.5) is 10.8 Å². The van der Waals surface area contributed by atoms with Gasteiger partial charge in [-0.15, -0.1) is 22.7 Å². The zero-order valence-corrected chi connectivity index (χ0v) is 16.8. The number of fused-ring (bicyclic) bond motifs is 1. The van der Waals surface area contributed by atoms with Crippen molar-refractivity contribution in [2.75, 3.05) is 10.0 Å². The van der Waals surface area contributed by atoms with Crippen LogP contribution in [0.1, 0.15) is 11.8 Å². The Morgan fingerprint density at radius 3 is 2.81 bits per heavy atom. The summed E-state index contributed by atoms with van der Waals surface area (Å²) >= 11 is 2.40. The van der Waals surface area contributed by atoms with Crippen LogP contribution >= 0.6 is 22.7 Å². The minimum atomic E-state index is -3.65. The molecule has 0 fully saturated rings. The lowest BCUT2D eigenvalue weighted by Crippen LogP contribution is -2.34. The van der Waals surface area contributed by atoms with Crippen molar-refractivity contribution in [1.82, 2.24) is 4.98 Å². The molecule has 27 heavy (non-hydrogen) atoms. The maximum Gasteiger partial charge on any atom is 0.273 e. The summed E-state index contributed by atoms with van der Waals surface area (Å²) in [5.74, 6) is 0.382. The number of sulfonamides is 1. The highest BCUT2D eigenvalue weighted by Crippen LogP contribution is 2.35. The molecule has 0 saturated carbocycles. The van der Waals surface area contributed by atoms with Gasteiger partial charge < -0.3 is 10.1 Å². The van der Waals surface area contributed by atoms with Crippen LogP contribution in [0.25, 0.3) is 11.3 Å². The van der Waals surface area contributed by atoms with Crippen molar-refractivity contribution in [1.29, 1.82) is 0 Å². The summed E-state index contributed by atoms with van der Waals surface area (Å²) in [7, 11) is -3.65. The smallest absolute Gasteiger partial charge is 0.273 e. The molecule has 10 heteroatoms. The van der Waals surface area contributed by atoms with E-state index in [1.54, 1.807) is 36.6 Å². The standard InChI is InChI=1S/C17H15N3O4S3/c1-9-3-6-15(26-9)27(22,23)20-17-19-13(8-25-17)11-4-5-14-12(7-11)18-16(21)10(2)24-14/h3-8,10H,1-2H3,(H,18,21)(H,19,20). The third-order valence-corrected chi connectivity index (χ3v) is 7.63. The number of rotatable bonds is 4. The lowest BCUT2D eigenvalue weighted by Gasteiger charge is -2.23. The molecule has 1 aliphatic heterocycles. The van der Waals surface area contributed by atoms with Crippen LogP contribution in [0.2, 0.25) is 0 Å².